The molecule has 2 rings (SSSR count). The lowest BCUT2D eigenvalue weighted by molar-refractivity contribution is -0.125. The second kappa shape index (κ2) is 5.08. The highest BCUT2D eigenvalue weighted by atomic mass is 16.5. The first-order chi connectivity index (χ1) is 8.63. The van der Waals surface area contributed by atoms with Gasteiger partial charge in [0.1, 0.15) is 11.5 Å². The molecule has 2 amide bonds. The van der Waals surface area contributed by atoms with Gasteiger partial charge in [-0.3, -0.25) is 14.9 Å². The smallest absolute Gasteiger partial charge is 0.230 e. The Morgan fingerprint density at radius 2 is 2.06 bits per heavy atom. The first-order valence-corrected chi connectivity index (χ1v) is 5.68. The molecule has 5 nitrogen and oxygen atoms in total. The third-order valence-electron chi connectivity index (χ3n) is 3.02. The molecule has 1 aliphatic heterocycles. The summed E-state index contributed by atoms with van der Waals surface area (Å²) in [7, 11) is 3.16. The Morgan fingerprint density at radius 1 is 1.28 bits per heavy atom. The fourth-order valence-electron chi connectivity index (χ4n) is 2.08. The van der Waals surface area contributed by atoms with Gasteiger partial charge < -0.3 is 9.47 Å². The maximum Gasteiger partial charge on any atom is 0.230 e. The fraction of sp³-hybridized carbons (Fsp3) is 0.385. The maximum absolute atomic E-state index is 11.5. The summed E-state index contributed by atoms with van der Waals surface area (Å²) in [5, 5.41) is 2.30. The lowest BCUT2D eigenvalue weighted by atomic mass is 9.97. The van der Waals surface area contributed by atoms with Gasteiger partial charge in [-0.1, -0.05) is 0 Å². The van der Waals surface area contributed by atoms with E-state index >= 15 is 0 Å². The van der Waals surface area contributed by atoms with E-state index in [9.17, 15) is 9.59 Å². The van der Waals surface area contributed by atoms with Gasteiger partial charge in [0, 0.05) is 6.42 Å². The van der Waals surface area contributed by atoms with Crippen LogP contribution in [0.15, 0.2) is 18.2 Å². The molecule has 1 heterocycles. The van der Waals surface area contributed by atoms with E-state index in [-0.39, 0.29) is 24.2 Å². The van der Waals surface area contributed by atoms with Crippen molar-refractivity contribution in [1.29, 1.82) is 0 Å². The Kier molecular flexibility index (Phi) is 3.50. The van der Waals surface area contributed by atoms with Gasteiger partial charge >= 0.3 is 0 Å². The molecule has 1 N–H and O–H groups in total. The minimum absolute atomic E-state index is 0.216. The van der Waals surface area contributed by atoms with Crippen LogP contribution in [0.1, 0.15) is 12.0 Å². The molecule has 1 aliphatic rings. The van der Waals surface area contributed by atoms with Crippen molar-refractivity contribution in [2.75, 3.05) is 14.2 Å². The molecule has 0 saturated carbocycles. The summed E-state index contributed by atoms with van der Waals surface area (Å²) in [6.45, 7) is 0. The number of nitrogens with one attached hydrogen (secondary N) is 1. The van der Waals surface area contributed by atoms with Crippen molar-refractivity contribution in [2.45, 2.75) is 12.8 Å². The van der Waals surface area contributed by atoms with Crippen LogP contribution in [0, 0.1) is 5.92 Å². The number of methoxy groups -OCH3 is 2. The Balaban J connectivity index is 2.21. The Labute approximate surface area is 105 Å². The molecule has 5 heteroatoms. The van der Waals surface area contributed by atoms with Crippen molar-refractivity contribution < 1.29 is 19.1 Å². The zero-order valence-corrected chi connectivity index (χ0v) is 10.4. The number of ether oxygens (including phenoxy) is 2. The predicted molar refractivity (Wildman–Crippen MR) is 64.5 cm³/mol. The highest BCUT2D eigenvalue weighted by Crippen LogP contribution is 2.28. The average Bonchev–Trinajstić information content (AvgIpc) is 2.67. The zero-order chi connectivity index (χ0) is 13.1. The second-order valence-electron chi connectivity index (χ2n) is 4.20. The zero-order valence-electron chi connectivity index (χ0n) is 10.4. The van der Waals surface area contributed by atoms with E-state index in [4.69, 9.17) is 9.47 Å². The van der Waals surface area contributed by atoms with E-state index in [1.807, 2.05) is 6.07 Å². The molecular formula is C13H15NO4. The predicted octanol–water partition coefficient (Wildman–Crippen LogP) is 0.909. The first-order valence-electron chi connectivity index (χ1n) is 5.68. The normalized spacial score (nSPS) is 18.7. The van der Waals surface area contributed by atoms with Gasteiger partial charge in [0.15, 0.2) is 0 Å². The van der Waals surface area contributed by atoms with Gasteiger partial charge in [-0.25, -0.2) is 0 Å². The molecule has 1 fully saturated rings. The summed E-state index contributed by atoms with van der Waals surface area (Å²) in [5.74, 6) is 0.647. The molecule has 0 spiro atoms. The number of carbonyl (C=O) groups is 2. The van der Waals surface area contributed by atoms with E-state index in [0.717, 1.165) is 5.56 Å². The van der Waals surface area contributed by atoms with Crippen LogP contribution in [0.5, 0.6) is 11.5 Å². The molecular weight excluding hydrogens is 234 g/mol. The van der Waals surface area contributed by atoms with Gasteiger partial charge in [-0.2, -0.15) is 0 Å². The van der Waals surface area contributed by atoms with E-state index < -0.39 is 0 Å². The standard InChI is InChI=1S/C13H15NO4/c1-17-10-3-4-11(18-2)8(6-10)5-9-7-12(15)14-13(9)16/h3-4,6,9H,5,7H2,1-2H3,(H,14,15,16). The van der Waals surface area contributed by atoms with Crippen LogP contribution in [-0.4, -0.2) is 26.0 Å². The van der Waals surface area contributed by atoms with Crippen LogP contribution in [0.25, 0.3) is 0 Å². The van der Waals surface area contributed by atoms with Crippen LogP contribution >= 0.6 is 0 Å². The average molecular weight is 249 g/mol. The molecule has 0 radical (unpaired) electrons. The van der Waals surface area contributed by atoms with Gasteiger partial charge in [-0.15, -0.1) is 0 Å². The number of hydrogen-bond acceptors (Lipinski definition) is 4. The summed E-state index contributed by atoms with van der Waals surface area (Å²) in [4.78, 5) is 22.7. The van der Waals surface area contributed by atoms with Crippen LogP contribution in [-0.2, 0) is 16.0 Å². The summed E-state index contributed by atoms with van der Waals surface area (Å²) < 4.78 is 10.4. The topological polar surface area (TPSA) is 64.6 Å². The van der Waals surface area contributed by atoms with Gasteiger partial charge in [0.2, 0.25) is 11.8 Å². The number of amides is 2. The highest BCUT2D eigenvalue weighted by molar-refractivity contribution is 6.03. The van der Waals surface area contributed by atoms with Crippen LogP contribution < -0.4 is 14.8 Å². The summed E-state index contributed by atoms with van der Waals surface area (Å²) in [6, 6.07) is 5.42. The first kappa shape index (κ1) is 12.4. The molecule has 1 saturated heterocycles. The van der Waals surface area contributed by atoms with Crippen LogP contribution in [0.4, 0.5) is 0 Å². The van der Waals surface area contributed by atoms with E-state index in [1.165, 1.54) is 0 Å². The van der Waals surface area contributed by atoms with Gasteiger partial charge in [0.25, 0.3) is 0 Å². The quantitative estimate of drug-likeness (QED) is 0.805. The molecule has 1 aromatic carbocycles. The Hall–Kier alpha value is -2.04. The lowest BCUT2D eigenvalue weighted by Gasteiger charge is -2.12. The monoisotopic (exact) mass is 249 g/mol. The second-order valence-corrected chi connectivity index (χ2v) is 4.20. The molecule has 0 aliphatic carbocycles. The summed E-state index contributed by atoms with van der Waals surface area (Å²) in [6.07, 6.45) is 0.706. The largest absolute Gasteiger partial charge is 0.497 e. The van der Waals surface area contributed by atoms with E-state index in [2.05, 4.69) is 5.32 Å². The SMILES string of the molecule is COc1ccc(OC)c(CC2CC(=O)NC2=O)c1. The van der Waals surface area contributed by atoms with E-state index in [0.29, 0.717) is 17.9 Å². The number of imide groups is 1. The Bertz CT molecular complexity index is 484. The Morgan fingerprint density at radius 3 is 2.61 bits per heavy atom. The van der Waals surface area contributed by atoms with E-state index in [1.54, 1.807) is 26.4 Å². The molecule has 96 valence electrons. The minimum Gasteiger partial charge on any atom is -0.497 e. The fourth-order valence-corrected chi connectivity index (χ4v) is 2.08. The van der Waals surface area contributed by atoms with Crippen molar-refractivity contribution in [3.8, 4) is 11.5 Å². The molecule has 18 heavy (non-hydrogen) atoms. The van der Waals surface area contributed by atoms with Crippen LogP contribution in [0.3, 0.4) is 0 Å². The molecule has 1 unspecified atom stereocenters. The van der Waals surface area contributed by atoms with Crippen molar-refractivity contribution in [3.63, 3.8) is 0 Å². The van der Waals surface area contributed by atoms with Gasteiger partial charge in [-0.05, 0) is 30.2 Å². The number of hydrogen-bond donors (Lipinski definition) is 1. The van der Waals surface area contributed by atoms with Crippen molar-refractivity contribution in [2.24, 2.45) is 5.92 Å². The summed E-state index contributed by atoms with van der Waals surface area (Å²) >= 11 is 0. The minimum atomic E-state index is -0.321. The highest BCUT2D eigenvalue weighted by Gasteiger charge is 2.31. The number of rotatable bonds is 4. The molecule has 1 aromatic rings. The maximum atomic E-state index is 11.5. The van der Waals surface area contributed by atoms with Crippen LogP contribution in [0.2, 0.25) is 0 Å². The third-order valence-corrected chi connectivity index (χ3v) is 3.02. The number of carbonyl (C=O) groups excluding carboxylic acids is 2. The summed E-state index contributed by atoms with van der Waals surface area (Å²) in [5.41, 5.74) is 0.867. The molecule has 1 atom stereocenters. The van der Waals surface area contributed by atoms with Crippen molar-refractivity contribution in [1.82, 2.24) is 5.32 Å². The lowest BCUT2D eigenvalue weighted by Crippen LogP contribution is -2.23. The van der Waals surface area contributed by atoms with Crippen molar-refractivity contribution in [3.05, 3.63) is 23.8 Å². The van der Waals surface area contributed by atoms with Crippen molar-refractivity contribution >= 4 is 11.8 Å². The van der Waals surface area contributed by atoms with Gasteiger partial charge in [0.05, 0.1) is 20.1 Å². The molecule has 0 bridgehead atoms. The molecule has 0 aromatic heterocycles. The third kappa shape index (κ3) is 2.45. The number of benzene rings is 1.